The zero-order valence-corrected chi connectivity index (χ0v) is 13.7. The van der Waals surface area contributed by atoms with Crippen molar-refractivity contribution in [2.45, 2.75) is 19.4 Å². The molecule has 3 aromatic rings. The van der Waals surface area contributed by atoms with E-state index in [2.05, 4.69) is 12.6 Å². The standard InChI is InChI=1S/C21H20O3/c1-14(2)21(23)24-12-11-19(22)20-17-9-5-3-7-15(17)13-16-8-4-6-10-18(16)20/h3-10,13,19,22H,1,11-12H2,2H3. The normalized spacial score (nSPS) is 12.2. The van der Waals surface area contributed by atoms with E-state index >= 15 is 0 Å². The molecule has 0 heterocycles. The number of ether oxygens (including phenoxy) is 1. The maximum Gasteiger partial charge on any atom is 0.333 e. The van der Waals surface area contributed by atoms with Gasteiger partial charge in [0.2, 0.25) is 0 Å². The van der Waals surface area contributed by atoms with Gasteiger partial charge in [0.05, 0.1) is 12.7 Å². The maximum absolute atomic E-state index is 11.5. The predicted molar refractivity (Wildman–Crippen MR) is 96.8 cm³/mol. The Bertz CT molecular complexity index is 857. The molecule has 0 aliphatic rings. The van der Waals surface area contributed by atoms with E-state index in [1.807, 2.05) is 48.5 Å². The summed E-state index contributed by atoms with van der Waals surface area (Å²) in [5.74, 6) is -0.426. The minimum absolute atomic E-state index is 0.157. The van der Waals surface area contributed by atoms with Gasteiger partial charge in [0.1, 0.15) is 0 Å². The molecule has 3 nitrogen and oxygen atoms in total. The van der Waals surface area contributed by atoms with Crippen LogP contribution in [0.15, 0.2) is 66.7 Å². The first-order valence-corrected chi connectivity index (χ1v) is 7.99. The fraction of sp³-hybridized carbons (Fsp3) is 0.190. The molecule has 0 aliphatic carbocycles. The molecule has 1 unspecified atom stereocenters. The number of benzene rings is 3. The van der Waals surface area contributed by atoms with Gasteiger partial charge in [0.25, 0.3) is 0 Å². The van der Waals surface area contributed by atoms with E-state index in [0.29, 0.717) is 12.0 Å². The van der Waals surface area contributed by atoms with Crippen molar-refractivity contribution in [2.24, 2.45) is 0 Å². The molecule has 0 spiro atoms. The highest BCUT2D eigenvalue weighted by atomic mass is 16.5. The highest BCUT2D eigenvalue weighted by molar-refractivity contribution is 6.02. The van der Waals surface area contributed by atoms with Gasteiger partial charge in [-0.15, -0.1) is 0 Å². The molecule has 0 aliphatic heterocycles. The minimum Gasteiger partial charge on any atom is -0.462 e. The predicted octanol–water partition coefficient (Wildman–Crippen LogP) is 4.54. The molecule has 122 valence electrons. The van der Waals surface area contributed by atoms with Gasteiger partial charge in [-0.05, 0) is 40.1 Å². The number of carbonyl (C=O) groups is 1. The van der Waals surface area contributed by atoms with E-state index in [1.54, 1.807) is 6.92 Å². The number of aliphatic hydroxyl groups is 1. The summed E-state index contributed by atoms with van der Waals surface area (Å²) < 4.78 is 5.12. The van der Waals surface area contributed by atoms with E-state index in [-0.39, 0.29) is 6.61 Å². The van der Waals surface area contributed by atoms with Gasteiger partial charge in [0.15, 0.2) is 0 Å². The second-order valence-electron chi connectivity index (χ2n) is 5.95. The van der Waals surface area contributed by atoms with Crippen LogP contribution in [-0.4, -0.2) is 17.7 Å². The number of esters is 1. The number of aliphatic hydroxyl groups excluding tert-OH is 1. The third kappa shape index (κ3) is 3.17. The summed E-state index contributed by atoms with van der Waals surface area (Å²) in [6, 6.07) is 18.1. The summed E-state index contributed by atoms with van der Waals surface area (Å²) in [6.45, 7) is 5.32. The highest BCUT2D eigenvalue weighted by Gasteiger charge is 2.16. The zero-order valence-electron chi connectivity index (χ0n) is 13.7. The Kier molecular flexibility index (Phi) is 4.63. The Morgan fingerprint density at radius 2 is 1.62 bits per heavy atom. The summed E-state index contributed by atoms with van der Waals surface area (Å²) in [5, 5.41) is 15.0. The van der Waals surface area contributed by atoms with Crippen molar-refractivity contribution in [3.05, 3.63) is 72.3 Å². The molecule has 0 radical (unpaired) electrons. The largest absolute Gasteiger partial charge is 0.462 e. The highest BCUT2D eigenvalue weighted by Crippen LogP contribution is 2.34. The zero-order chi connectivity index (χ0) is 17.1. The van der Waals surface area contributed by atoms with Crippen LogP contribution >= 0.6 is 0 Å². The Morgan fingerprint density at radius 3 is 2.17 bits per heavy atom. The molecule has 1 atom stereocenters. The number of hydrogen-bond acceptors (Lipinski definition) is 3. The molecule has 0 bridgehead atoms. The van der Waals surface area contributed by atoms with E-state index in [9.17, 15) is 9.90 Å². The molecular weight excluding hydrogens is 300 g/mol. The van der Waals surface area contributed by atoms with Gasteiger partial charge in [-0.3, -0.25) is 0 Å². The van der Waals surface area contributed by atoms with E-state index in [1.165, 1.54) is 0 Å². The topological polar surface area (TPSA) is 46.5 Å². The first kappa shape index (κ1) is 16.2. The molecule has 0 aromatic heterocycles. The van der Waals surface area contributed by atoms with Crippen LogP contribution in [0, 0.1) is 0 Å². The van der Waals surface area contributed by atoms with Gasteiger partial charge >= 0.3 is 5.97 Å². The van der Waals surface area contributed by atoms with Crippen LogP contribution in [0.2, 0.25) is 0 Å². The molecule has 1 N–H and O–H groups in total. The van der Waals surface area contributed by atoms with Crippen LogP contribution < -0.4 is 0 Å². The smallest absolute Gasteiger partial charge is 0.333 e. The Labute approximate surface area is 141 Å². The van der Waals surface area contributed by atoms with E-state index in [0.717, 1.165) is 27.1 Å². The quantitative estimate of drug-likeness (QED) is 0.426. The van der Waals surface area contributed by atoms with Crippen LogP contribution in [0.25, 0.3) is 21.5 Å². The summed E-state index contributed by atoms with van der Waals surface area (Å²) in [6.07, 6.45) is -0.365. The lowest BCUT2D eigenvalue weighted by Crippen LogP contribution is -2.10. The van der Waals surface area contributed by atoms with Gasteiger partial charge in [-0.2, -0.15) is 0 Å². The first-order valence-electron chi connectivity index (χ1n) is 7.99. The van der Waals surface area contributed by atoms with Crippen LogP contribution in [0.5, 0.6) is 0 Å². The summed E-state index contributed by atoms with van der Waals surface area (Å²) in [7, 11) is 0. The van der Waals surface area contributed by atoms with E-state index in [4.69, 9.17) is 4.74 Å². The van der Waals surface area contributed by atoms with E-state index < -0.39 is 12.1 Å². The van der Waals surface area contributed by atoms with Crippen molar-refractivity contribution in [3.8, 4) is 0 Å². The van der Waals surface area contributed by atoms with Crippen molar-refractivity contribution in [3.63, 3.8) is 0 Å². The fourth-order valence-electron chi connectivity index (χ4n) is 2.94. The van der Waals surface area contributed by atoms with Crippen molar-refractivity contribution in [1.82, 2.24) is 0 Å². The molecule has 0 amide bonds. The van der Waals surface area contributed by atoms with Crippen molar-refractivity contribution >= 4 is 27.5 Å². The number of hydrogen-bond donors (Lipinski definition) is 1. The average Bonchev–Trinajstić information content (AvgIpc) is 2.59. The molecule has 3 aromatic carbocycles. The Hall–Kier alpha value is -2.65. The van der Waals surface area contributed by atoms with Crippen LogP contribution in [0.4, 0.5) is 0 Å². The van der Waals surface area contributed by atoms with Gasteiger partial charge in [-0.25, -0.2) is 4.79 Å². The fourth-order valence-corrected chi connectivity index (χ4v) is 2.94. The number of rotatable bonds is 5. The molecule has 0 saturated heterocycles. The third-order valence-electron chi connectivity index (χ3n) is 4.12. The Morgan fingerprint density at radius 1 is 1.08 bits per heavy atom. The lowest BCUT2D eigenvalue weighted by molar-refractivity contribution is -0.139. The third-order valence-corrected chi connectivity index (χ3v) is 4.12. The van der Waals surface area contributed by atoms with Gasteiger partial charge in [-0.1, -0.05) is 55.1 Å². The van der Waals surface area contributed by atoms with Crippen molar-refractivity contribution in [2.75, 3.05) is 6.61 Å². The number of carbonyl (C=O) groups excluding carboxylic acids is 1. The molecular formula is C21H20O3. The van der Waals surface area contributed by atoms with Crippen LogP contribution in [-0.2, 0) is 9.53 Å². The molecule has 0 saturated carbocycles. The Balaban J connectivity index is 1.96. The molecule has 3 rings (SSSR count). The van der Waals surface area contributed by atoms with Gasteiger partial charge in [0, 0.05) is 12.0 Å². The SMILES string of the molecule is C=C(C)C(=O)OCCC(O)c1c2ccccc2cc2ccccc12. The summed E-state index contributed by atoms with van der Waals surface area (Å²) >= 11 is 0. The minimum atomic E-state index is -0.709. The molecule has 24 heavy (non-hydrogen) atoms. The summed E-state index contributed by atoms with van der Waals surface area (Å²) in [4.78, 5) is 11.5. The molecule has 0 fully saturated rings. The average molecular weight is 320 g/mol. The molecule has 3 heteroatoms. The van der Waals surface area contributed by atoms with Crippen molar-refractivity contribution in [1.29, 1.82) is 0 Å². The van der Waals surface area contributed by atoms with Crippen molar-refractivity contribution < 1.29 is 14.6 Å². The summed E-state index contributed by atoms with van der Waals surface area (Å²) in [5.41, 5.74) is 1.25. The second-order valence-corrected chi connectivity index (χ2v) is 5.95. The lowest BCUT2D eigenvalue weighted by Gasteiger charge is -2.17. The lowest BCUT2D eigenvalue weighted by atomic mass is 9.92. The monoisotopic (exact) mass is 320 g/mol. The van der Waals surface area contributed by atoms with Gasteiger partial charge < -0.3 is 9.84 Å². The van der Waals surface area contributed by atoms with Crippen LogP contribution in [0.3, 0.4) is 0 Å². The van der Waals surface area contributed by atoms with Crippen LogP contribution in [0.1, 0.15) is 25.0 Å². The first-order chi connectivity index (χ1) is 11.6. The maximum atomic E-state index is 11.5. The second kappa shape index (κ2) is 6.85. The number of fused-ring (bicyclic) bond motifs is 2.